The molecule has 0 radical (unpaired) electrons. The standard InChI is InChI=1S/C14H19ClN2O3/c15-12-2-1-3-13(10-12)20-11-14(18)16-4-5-17-6-8-19-9-7-17/h1-3,10H,4-9,11H2,(H,16,18). The fraction of sp³-hybridized carbons (Fsp3) is 0.500. The van der Waals surface area contributed by atoms with Gasteiger partial charge in [0.2, 0.25) is 0 Å². The molecule has 0 aromatic heterocycles. The predicted molar refractivity (Wildman–Crippen MR) is 77.2 cm³/mol. The number of benzene rings is 1. The molecule has 0 unspecified atom stereocenters. The van der Waals surface area contributed by atoms with Gasteiger partial charge in [0.05, 0.1) is 13.2 Å². The minimum atomic E-state index is -0.127. The number of carbonyl (C=O) groups is 1. The summed E-state index contributed by atoms with van der Waals surface area (Å²) in [6.07, 6.45) is 0. The van der Waals surface area contributed by atoms with Crippen LogP contribution >= 0.6 is 11.6 Å². The highest BCUT2D eigenvalue weighted by molar-refractivity contribution is 6.30. The molecule has 1 saturated heterocycles. The summed E-state index contributed by atoms with van der Waals surface area (Å²) in [7, 11) is 0. The van der Waals surface area contributed by atoms with Crippen LogP contribution in [0.3, 0.4) is 0 Å². The normalized spacial score (nSPS) is 15.8. The molecule has 20 heavy (non-hydrogen) atoms. The zero-order valence-electron chi connectivity index (χ0n) is 11.3. The highest BCUT2D eigenvalue weighted by atomic mass is 35.5. The number of morpholine rings is 1. The van der Waals surface area contributed by atoms with E-state index in [1.807, 2.05) is 0 Å². The Hall–Kier alpha value is -1.30. The van der Waals surface area contributed by atoms with Crippen LogP contribution in [0.15, 0.2) is 24.3 Å². The number of halogens is 1. The van der Waals surface area contributed by atoms with E-state index in [4.69, 9.17) is 21.1 Å². The number of hydrogen-bond acceptors (Lipinski definition) is 4. The molecule has 2 rings (SSSR count). The molecule has 6 heteroatoms. The van der Waals surface area contributed by atoms with Crippen molar-refractivity contribution in [2.24, 2.45) is 0 Å². The van der Waals surface area contributed by atoms with Gasteiger partial charge in [0.1, 0.15) is 5.75 Å². The van der Waals surface area contributed by atoms with Crippen molar-refractivity contribution in [2.45, 2.75) is 0 Å². The fourth-order valence-electron chi connectivity index (χ4n) is 1.93. The quantitative estimate of drug-likeness (QED) is 0.856. The van der Waals surface area contributed by atoms with Crippen molar-refractivity contribution >= 4 is 17.5 Å². The Kier molecular flexibility index (Phi) is 6.11. The van der Waals surface area contributed by atoms with Crippen LogP contribution in [0.5, 0.6) is 5.75 Å². The second kappa shape index (κ2) is 8.09. The average molecular weight is 299 g/mol. The number of amides is 1. The number of carbonyl (C=O) groups excluding carboxylic acids is 1. The molecule has 1 aliphatic heterocycles. The molecule has 1 aromatic rings. The minimum Gasteiger partial charge on any atom is -0.484 e. The molecule has 1 aliphatic rings. The van der Waals surface area contributed by atoms with E-state index in [1.54, 1.807) is 24.3 Å². The van der Waals surface area contributed by atoms with Crippen molar-refractivity contribution < 1.29 is 14.3 Å². The van der Waals surface area contributed by atoms with Crippen LogP contribution in [0.25, 0.3) is 0 Å². The Labute approximate surface area is 123 Å². The van der Waals surface area contributed by atoms with Crippen LogP contribution in [0.1, 0.15) is 0 Å². The number of nitrogens with zero attached hydrogens (tertiary/aromatic N) is 1. The van der Waals surface area contributed by atoms with E-state index in [1.165, 1.54) is 0 Å². The Morgan fingerprint density at radius 2 is 2.20 bits per heavy atom. The van der Waals surface area contributed by atoms with Gasteiger partial charge in [-0.2, -0.15) is 0 Å². The summed E-state index contributed by atoms with van der Waals surface area (Å²) >= 11 is 5.83. The van der Waals surface area contributed by atoms with E-state index in [0.717, 1.165) is 32.8 Å². The Balaban J connectivity index is 1.60. The summed E-state index contributed by atoms with van der Waals surface area (Å²) in [4.78, 5) is 13.9. The maximum Gasteiger partial charge on any atom is 0.257 e. The summed E-state index contributed by atoms with van der Waals surface area (Å²) in [6, 6.07) is 7.00. The Morgan fingerprint density at radius 3 is 2.95 bits per heavy atom. The van der Waals surface area contributed by atoms with Gasteiger partial charge in [-0.15, -0.1) is 0 Å². The summed E-state index contributed by atoms with van der Waals surface area (Å²) < 4.78 is 10.6. The van der Waals surface area contributed by atoms with Crippen LogP contribution in [0.2, 0.25) is 5.02 Å². The van der Waals surface area contributed by atoms with Crippen molar-refractivity contribution in [3.63, 3.8) is 0 Å². The monoisotopic (exact) mass is 298 g/mol. The first-order valence-electron chi connectivity index (χ1n) is 6.69. The zero-order valence-corrected chi connectivity index (χ0v) is 12.1. The van der Waals surface area contributed by atoms with Gasteiger partial charge >= 0.3 is 0 Å². The Bertz CT molecular complexity index is 436. The van der Waals surface area contributed by atoms with Gasteiger partial charge < -0.3 is 14.8 Å². The lowest BCUT2D eigenvalue weighted by molar-refractivity contribution is -0.123. The van der Waals surface area contributed by atoms with Gasteiger partial charge in [0.25, 0.3) is 5.91 Å². The molecular weight excluding hydrogens is 280 g/mol. The van der Waals surface area contributed by atoms with Gasteiger partial charge in [0, 0.05) is 31.2 Å². The second-order valence-corrected chi connectivity index (χ2v) is 4.99. The minimum absolute atomic E-state index is 0.00343. The lowest BCUT2D eigenvalue weighted by Crippen LogP contribution is -2.42. The fourth-order valence-corrected chi connectivity index (χ4v) is 2.12. The molecule has 1 aromatic carbocycles. The molecule has 110 valence electrons. The average Bonchev–Trinajstić information content (AvgIpc) is 2.46. The molecule has 0 aliphatic carbocycles. The summed E-state index contributed by atoms with van der Waals surface area (Å²) in [5.41, 5.74) is 0. The van der Waals surface area contributed by atoms with Crippen molar-refractivity contribution in [2.75, 3.05) is 46.0 Å². The molecule has 0 bridgehead atoms. The molecule has 1 heterocycles. The van der Waals surface area contributed by atoms with Crippen molar-refractivity contribution in [3.8, 4) is 5.75 Å². The number of hydrogen-bond donors (Lipinski definition) is 1. The maximum atomic E-state index is 11.6. The van der Waals surface area contributed by atoms with Crippen LogP contribution in [0.4, 0.5) is 0 Å². The molecule has 1 fully saturated rings. The van der Waals surface area contributed by atoms with E-state index in [-0.39, 0.29) is 12.5 Å². The molecule has 1 N–H and O–H groups in total. The van der Waals surface area contributed by atoms with E-state index >= 15 is 0 Å². The first-order valence-corrected chi connectivity index (χ1v) is 7.07. The smallest absolute Gasteiger partial charge is 0.257 e. The second-order valence-electron chi connectivity index (χ2n) is 4.55. The first kappa shape index (κ1) is 15.1. The van der Waals surface area contributed by atoms with E-state index in [2.05, 4.69) is 10.2 Å². The van der Waals surface area contributed by atoms with Gasteiger partial charge in [-0.05, 0) is 18.2 Å². The van der Waals surface area contributed by atoms with Crippen molar-refractivity contribution in [1.29, 1.82) is 0 Å². The molecule has 0 atom stereocenters. The topological polar surface area (TPSA) is 50.8 Å². The third kappa shape index (κ3) is 5.36. The summed E-state index contributed by atoms with van der Waals surface area (Å²) in [5.74, 6) is 0.471. The third-order valence-electron chi connectivity index (χ3n) is 3.02. The highest BCUT2D eigenvalue weighted by Gasteiger charge is 2.10. The molecule has 0 spiro atoms. The van der Waals surface area contributed by atoms with E-state index in [9.17, 15) is 4.79 Å². The summed E-state index contributed by atoms with van der Waals surface area (Å²) in [6.45, 7) is 4.86. The van der Waals surface area contributed by atoms with Gasteiger partial charge in [-0.1, -0.05) is 17.7 Å². The first-order chi connectivity index (χ1) is 9.74. The maximum absolute atomic E-state index is 11.6. The highest BCUT2D eigenvalue weighted by Crippen LogP contribution is 2.16. The van der Waals surface area contributed by atoms with Crippen LogP contribution in [0, 0.1) is 0 Å². The van der Waals surface area contributed by atoms with E-state index in [0.29, 0.717) is 17.3 Å². The zero-order chi connectivity index (χ0) is 14.2. The predicted octanol–water partition coefficient (Wildman–Crippen LogP) is 1.17. The number of rotatable bonds is 6. The van der Waals surface area contributed by atoms with Crippen LogP contribution < -0.4 is 10.1 Å². The lowest BCUT2D eigenvalue weighted by atomic mass is 10.3. The van der Waals surface area contributed by atoms with Gasteiger partial charge in [-0.3, -0.25) is 9.69 Å². The molecule has 5 nitrogen and oxygen atoms in total. The number of ether oxygens (including phenoxy) is 2. The number of nitrogens with one attached hydrogen (secondary N) is 1. The SMILES string of the molecule is O=C(COc1cccc(Cl)c1)NCCN1CCOCC1. The summed E-state index contributed by atoms with van der Waals surface area (Å²) in [5, 5.41) is 3.43. The third-order valence-corrected chi connectivity index (χ3v) is 3.26. The van der Waals surface area contributed by atoms with Crippen LogP contribution in [-0.4, -0.2) is 56.8 Å². The Morgan fingerprint density at radius 1 is 1.40 bits per heavy atom. The lowest BCUT2D eigenvalue weighted by Gasteiger charge is -2.26. The molecule has 0 saturated carbocycles. The van der Waals surface area contributed by atoms with Gasteiger partial charge in [-0.25, -0.2) is 0 Å². The molecule has 1 amide bonds. The molecular formula is C14H19ClN2O3. The largest absolute Gasteiger partial charge is 0.484 e. The van der Waals surface area contributed by atoms with Gasteiger partial charge in [0.15, 0.2) is 6.61 Å². The van der Waals surface area contributed by atoms with E-state index < -0.39 is 0 Å². The van der Waals surface area contributed by atoms with Crippen molar-refractivity contribution in [3.05, 3.63) is 29.3 Å². The van der Waals surface area contributed by atoms with Crippen LogP contribution in [-0.2, 0) is 9.53 Å². The van der Waals surface area contributed by atoms with Crippen molar-refractivity contribution in [1.82, 2.24) is 10.2 Å².